The molecule has 0 saturated heterocycles. The fourth-order valence-corrected chi connectivity index (χ4v) is 2.67. The second-order valence-corrected chi connectivity index (χ2v) is 5.22. The average molecular weight is 278 g/mol. The first-order valence-corrected chi connectivity index (χ1v) is 7.48. The molecule has 0 spiro atoms. The SMILES string of the molecule is COCCCOCCN1CCCc2cc(CN)ccc21. The molecule has 2 rings (SSSR count). The first-order valence-electron chi connectivity index (χ1n) is 7.48. The number of hydrogen-bond donors (Lipinski definition) is 1. The number of fused-ring (bicyclic) bond motifs is 1. The lowest BCUT2D eigenvalue weighted by atomic mass is 9.99. The summed E-state index contributed by atoms with van der Waals surface area (Å²) in [4.78, 5) is 2.43. The van der Waals surface area contributed by atoms with Crippen molar-refractivity contribution in [2.45, 2.75) is 25.8 Å². The van der Waals surface area contributed by atoms with E-state index >= 15 is 0 Å². The van der Waals surface area contributed by atoms with Gasteiger partial charge in [-0.2, -0.15) is 0 Å². The van der Waals surface area contributed by atoms with Crippen molar-refractivity contribution in [3.05, 3.63) is 29.3 Å². The van der Waals surface area contributed by atoms with Gasteiger partial charge in [0.2, 0.25) is 0 Å². The Labute approximate surface area is 121 Å². The molecule has 1 heterocycles. The number of hydrogen-bond acceptors (Lipinski definition) is 4. The van der Waals surface area contributed by atoms with E-state index in [1.165, 1.54) is 23.2 Å². The van der Waals surface area contributed by atoms with Crippen molar-refractivity contribution >= 4 is 5.69 Å². The normalized spacial score (nSPS) is 14.4. The molecule has 1 aromatic rings. The van der Waals surface area contributed by atoms with Crippen LogP contribution in [0.3, 0.4) is 0 Å². The fourth-order valence-electron chi connectivity index (χ4n) is 2.67. The van der Waals surface area contributed by atoms with E-state index in [1.807, 2.05) is 0 Å². The van der Waals surface area contributed by atoms with Gasteiger partial charge in [0.05, 0.1) is 6.61 Å². The highest BCUT2D eigenvalue weighted by Crippen LogP contribution is 2.27. The second-order valence-electron chi connectivity index (χ2n) is 5.22. The molecule has 0 unspecified atom stereocenters. The number of rotatable bonds is 8. The van der Waals surface area contributed by atoms with Gasteiger partial charge in [-0.25, -0.2) is 0 Å². The lowest BCUT2D eigenvalue weighted by molar-refractivity contribution is 0.107. The molecule has 1 aliphatic rings. The smallest absolute Gasteiger partial charge is 0.0641 e. The third-order valence-corrected chi connectivity index (χ3v) is 3.74. The summed E-state index contributed by atoms with van der Waals surface area (Å²) in [5, 5.41) is 0. The minimum absolute atomic E-state index is 0.621. The van der Waals surface area contributed by atoms with Gasteiger partial charge in [-0.1, -0.05) is 12.1 Å². The summed E-state index contributed by atoms with van der Waals surface area (Å²) in [7, 11) is 1.72. The fraction of sp³-hybridized carbons (Fsp3) is 0.625. The molecule has 0 fully saturated rings. The number of nitrogens with zero attached hydrogens (tertiary/aromatic N) is 1. The third-order valence-electron chi connectivity index (χ3n) is 3.74. The maximum atomic E-state index is 5.71. The van der Waals surface area contributed by atoms with E-state index in [2.05, 4.69) is 23.1 Å². The van der Waals surface area contributed by atoms with E-state index < -0.39 is 0 Å². The van der Waals surface area contributed by atoms with Gasteiger partial charge in [0.25, 0.3) is 0 Å². The van der Waals surface area contributed by atoms with Crippen LogP contribution in [0.15, 0.2) is 18.2 Å². The van der Waals surface area contributed by atoms with E-state index in [1.54, 1.807) is 7.11 Å². The summed E-state index contributed by atoms with van der Waals surface area (Å²) in [6, 6.07) is 6.60. The molecule has 0 bridgehead atoms. The predicted octanol–water partition coefficient (Wildman–Crippen LogP) is 1.95. The van der Waals surface area contributed by atoms with Gasteiger partial charge in [0.1, 0.15) is 0 Å². The Morgan fingerprint density at radius 1 is 1.25 bits per heavy atom. The Balaban J connectivity index is 1.82. The molecular formula is C16H26N2O2. The largest absolute Gasteiger partial charge is 0.385 e. The van der Waals surface area contributed by atoms with Crippen LogP contribution >= 0.6 is 0 Å². The Kier molecular flexibility index (Phi) is 6.30. The lowest BCUT2D eigenvalue weighted by Gasteiger charge is -2.31. The summed E-state index contributed by atoms with van der Waals surface area (Å²) in [6.07, 6.45) is 3.34. The average Bonchev–Trinajstić information content (AvgIpc) is 2.50. The molecule has 0 aliphatic carbocycles. The molecule has 1 aromatic carbocycles. The molecule has 1 aliphatic heterocycles. The summed E-state index contributed by atoms with van der Waals surface area (Å²) in [5.41, 5.74) is 9.72. The van der Waals surface area contributed by atoms with Gasteiger partial charge in [-0.3, -0.25) is 0 Å². The van der Waals surface area contributed by atoms with Crippen molar-refractivity contribution < 1.29 is 9.47 Å². The van der Waals surface area contributed by atoms with Crippen LogP contribution in [0.1, 0.15) is 24.0 Å². The molecule has 4 nitrogen and oxygen atoms in total. The van der Waals surface area contributed by atoms with Crippen molar-refractivity contribution in [2.24, 2.45) is 5.73 Å². The van der Waals surface area contributed by atoms with Crippen LogP contribution in [0.4, 0.5) is 5.69 Å². The standard InChI is InChI=1S/C16H26N2O2/c1-19-9-3-10-20-11-8-18-7-2-4-15-12-14(13-17)5-6-16(15)18/h5-6,12H,2-4,7-11,13,17H2,1H3. The Morgan fingerprint density at radius 3 is 2.95 bits per heavy atom. The van der Waals surface area contributed by atoms with Gasteiger partial charge >= 0.3 is 0 Å². The van der Waals surface area contributed by atoms with E-state index in [9.17, 15) is 0 Å². The van der Waals surface area contributed by atoms with Crippen LogP contribution in [0.5, 0.6) is 0 Å². The number of benzene rings is 1. The zero-order valence-corrected chi connectivity index (χ0v) is 12.4. The van der Waals surface area contributed by atoms with Gasteiger partial charge in [0, 0.05) is 45.6 Å². The first-order chi connectivity index (χ1) is 9.85. The number of methoxy groups -OCH3 is 1. The molecule has 0 saturated carbocycles. The van der Waals surface area contributed by atoms with Crippen molar-refractivity contribution in [2.75, 3.05) is 44.9 Å². The number of nitrogens with two attached hydrogens (primary N) is 1. The van der Waals surface area contributed by atoms with E-state index in [0.29, 0.717) is 6.54 Å². The lowest BCUT2D eigenvalue weighted by Crippen LogP contribution is -2.32. The summed E-state index contributed by atoms with van der Waals surface area (Å²) >= 11 is 0. The van der Waals surface area contributed by atoms with Crippen molar-refractivity contribution in [1.82, 2.24) is 0 Å². The van der Waals surface area contributed by atoms with Crippen LogP contribution < -0.4 is 10.6 Å². The van der Waals surface area contributed by atoms with Crippen molar-refractivity contribution in [1.29, 1.82) is 0 Å². The Morgan fingerprint density at radius 2 is 2.15 bits per heavy atom. The van der Waals surface area contributed by atoms with Gasteiger partial charge in [0.15, 0.2) is 0 Å². The molecule has 20 heavy (non-hydrogen) atoms. The molecular weight excluding hydrogens is 252 g/mol. The maximum Gasteiger partial charge on any atom is 0.0641 e. The maximum absolute atomic E-state index is 5.71. The highest BCUT2D eigenvalue weighted by Gasteiger charge is 2.16. The van der Waals surface area contributed by atoms with Crippen LogP contribution in [-0.4, -0.2) is 40.0 Å². The molecule has 0 amide bonds. The Bertz CT molecular complexity index is 409. The highest BCUT2D eigenvalue weighted by atomic mass is 16.5. The van der Waals surface area contributed by atoms with Crippen LogP contribution in [0.2, 0.25) is 0 Å². The summed E-state index contributed by atoms with van der Waals surface area (Å²) in [5.74, 6) is 0. The zero-order valence-electron chi connectivity index (χ0n) is 12.4. The van der Waals surface area contributed by atoms with Crippen LogP contribution in [0.25, 0.3) is 0 Å². The molecule has 4 heteroatoms. The zero-order chi connectivity index (χ0) is 14.2. The summed E-state index contributed by atoms with van der Waals surface area (Å²) in [6.45, 7) is 5.03. The van der Waals surface area contributed by atoms with Crippen LogP contribution in [-0.2, 0) is 22.4 Å². The molecule has 2 N–H and O–H groups in total. The van der Waals surface area contributed by atoms with E-state index in [4.69, 9.17) is 15.2 Å². The monoisotopic (exact) mass is 278 g/mol. The van der Waals surface area contributed by atoms with Crippen molar-refractivity contribution in [3.63, 3.8) is 0 Å². The minimum atomic E-state index is 0.621. The quantitative estimate of drug-likeness (QED) is 0.738. The van der Waals surface area contributed by atoms with E-state index in [-0.39, 0.29) is 0 Å². The van der Waals surface area contributed by atoms with Gasteiger partial charge < -0.3 is 20.1 Å². The number of aryl methyl sites for hydroxylation is 1. The molecule has 112 valence electrons. The number of anilines is 1. The predicted molar refractivity (Wildman–Crippen MR) is 82.2 cm³/mol. The van der Waals surface area contributed by atoms with E-state index in [0.717, 1.165) is 45.8 Å². The van der Waals surface area contributed by atoms with Gasteiger partial charge in [-0.15, -0.1) is 0 Å². The van der Waals surface area contributed by atoms with Crippen LogP contribution in [0, 0.1) is 0 Å². The second kappa shape index (κ2) is 8.25. The number of ether oxygens (including phenoxy) is 2. The topological polar surface area (TPSA) is 47.7 Å². The Hall–Kier alpha value is -1.10. The molecule has 0 atom stereocenters. The minimum Gasteiger partial charge on any atom is -0.385 e. The first kappa shape index (κ1) is 15.3. The van der Waals surface area contributed by atoms with Crippen molar-refractivity contribution in [3.8, 4) is 0 Å². The highest BCUT2D eigenvalue weighted by molar-refractivity contribution is 5.56. The summed E-state index contributed by atoms with van der Waals surface area (Å²) < 4.78 is 10.7. The molecule has 0 radical (unpaired) electrons. The molecule has 0 aromatic heterocycles. The third kappa shape index (κ3) is 4.20. The van der Waals surface area contributed by atoms with Gasteiger partial charge in [-0.05, 0) is 36.5 Å².